The van der Waals surface area contributed by atoms with Gasteiger partial charge in [-0.3, -0.25) is 0 Å². The molecular weight excluding hydrogens is 191 g/mol. The van der Waals surface area contributed by atoms with E-state index in [-0.39, 0.29) is 0 Å². The normalized spacial score (nSPS) is 21.1. The molecule has 0 radical (unpaired) electrons. The monoisotopic (exact) mass is 200 g/mol. The molecule has 0 saturated carbocycles. The summed E-state index contributed by atoms with van der Waals surface area (Å²) in [6.07, 6.45) is 2.22. The van der Waals surface area contributed by atoms with Crippen molar-refractivity contribution >= 4 is 23.2 Å². The Balaban J connectivity index is 2.52. The van der Waals surface area contributed by atoms with E-state index in [4.69, 9.17) is 23.2 Å². The van der Waals surface area contributed by atoms with Gasteiger partial charge in [0.1, 0.15) is 0 Å². The van der Waals surface area contributed by atoms with Gasteiger partial charge in [0.05, 0.1) is 0 Å². The van der Waals surface area contributed by atoms with Crippen LogP contribution in [-0.4, -0.2) is 0 Å². The van der Waals surface area contributed by atoms with E-state index in [1.807, 2.05) is 12.1 Å². The molecule has 0 spiro atoms. The number of halogens is 2. The van der Waals surface area contributed by atoms with Crippen LogP contribution in [0.1, 0.15) is 18.1 Å². The predicted molar refractivity (Wildman–Crippen MR) is 53.0 cm³/mol. The Kier molecular flexibility index (Phi) is 2.05. The molecule has 0 aromatic heterocycles. The predicted octanol–water partition coefficient (Wildman–Crippen LogP) is 3.73. The molecule has 0 amide bonds. The summed E-state index contributed by atoms with van der Waals surface area (Å²) in [4.78, 5) is 0. The molecular formula is C10H10Cl2. The number of benzene rings is 1. The van der Waals surface area contributed by atoms with Crippen LogP contribution < -0.4 is 0 Å². The summed E-state index contributed by atoms with van der Waals surface area (Å²) in [5, 5.41) is 1.59. The molecule has 64 valence electrons. The van der Waals surface area contributed by atoms with Crippen molar-refractivity contribution < 1.29 is 0 Å². The summed E-state index contributed by atoms with van der Waals surface area (Å²) in [6, 6.07) is 3.87. The molecule has 1 aromatic rings. The van der Waals surface area contributed by atoms with E-state index >= 15 is 0 Å². The first-order valence-electron chi connectivity index (χ1n) is 4.13. The molecule has 0 N–H and O–H groups in total. The summed E-state index contributed by atoms with van der Waals surface area (Å²) in [5.41, 5.74) is 2.63. The van der Waals surface area contributed by atoms with Gasteiger partial charge in [-0.15, -0.1) is 0 Å². The fraction of sp³-hybridized carbons (Fsp3) is 0.400. The number of hydrogen-bond acceptors (Lipinski definition) is 0. The Hall–Kier alpha value is -0.200. The van der Waals surface area contributed by atoms with Crippen molar-refractivity contribution in [1.82, 2.24) is 0 Å². The van der Waals surface area contributed by atoms with Gasteiger partial charge in [-0.05, 0) is 42.0 Å². The lowest BCUT2D eigenvalue weighted by Gasteiger charge is -2.01. The van der Waals surface area contributed by atoms with Crippen LogP contribution >= 0.6 is 23.2 Å². The highest BCUT2D eigenvalue weighted by atomic mass is 35.5. The second-order valence-corrected chi connectivity index (χ2v) is 4.38. The van der Waals surface area contributed by atoms with Gasteiger partial charge in [0.25, 0.3) is 0 Å². The highest BCUT2D eigenvalue weighted by Crippen LogP contribution is 2.34. The summed E-state index contributed by atoms with van der Waals surface area (Å²) in [5.74, 6) is 0.718. The van der Waals surface area contributed by atoms with Crippen LogP contribution in [0.2, 0.25) is 10.0 Å². The Morgan fingerprint density at radius 3 is 2.75 bits per heavy atom. The average molecular weight is 201 g/mol. The van der Waals surface area contributed by atoms with Crippen LogP contribution in [0.3, 0.4) is 0 Å². The van der Waals surface area contributed by atoms with E-state index in [1.54, 1.807) is 0 Å². The molecule has 0 aliphatic heterocycles. The van der Waals surface area contributed by atoms with Crippen molar-refractivity contribution in [1.29, 1.82) is 0 Å². The maximum absolute atomic E-state index is 6.06. The van der Waals surface area contributed by atoms with Crippen LogP contribution in [0.25, 0.3) is 0 Å². The molecule has 0 saturated heterocycles. The van der Waals surface area contributed by atoms with Gasteiger partial charge < -0.3 is 0 Å². The van der Waals surface area contributed by atoms with Gasteiger partial charge in [-0.2, -0.15) is 0 Å². The molecule has 1 atom stereocenters. The van der Waals surface area contributed by atoms with E-state index in [9.17, 15) is 0 Å². The summed E-state index contributed by atoms with van der Waals surface area (Å²) in [6.45, 7) is 2.24. The van der Waals surface area contributed by atoms with Crippen molar-refractivity contribution in [2.24, 2.45) is 5.92 Å². The Morgan fingerprint density at radius 2 is 2.00 bits per heavy atom. The standard InChI is InChI=1S/C10H10Cl2/c1-6-2-7-4-8(11)5-10(12)9(7)3-6/h4-6H,2-3H2,1H3. The molecule has 1 aromatic carbocycles. The Labute approximate surface area is 82.5 Å². The van der Waals surface area contributed by atoms with E-state index < -0.39 is 0 Å². The second-order valence-electron chi connectivity index (χ2n) is 3.54. The smallest absolute Gasteiger partial charge is 0.0455 e. The van der Waals surface area contributed by atoms with Crippen LogP contribution in [-0.2, 0) is 12.8 Å². The second kappa shape index (κ2) is 2.93. The largest absolute Gasteiger partial charge is 0.0843 e. The number of rotatable bonds is 0. The third-order valence-electron chi connectivity index (χ3n) is 2.37. The van der Waals surface area contributed by atoms with E-state index in [1.165, 1.54) is 11.1 Å². The lowest BCUT2D eigenvalue weighted by atomic mass is 10.1. The van der Waals surface area contributed by atoms with Crippen molar-refractivity contribution in [3.63, 3.8) is 0 Å². The SMILES string of the molecule is CC1Cc2cc(Cl)cc(Cl)c2C1. The van der Waals surface area contributed by atoms with Crippen LogP contribution in [0.4, 0.5) is 0 Å². The van der Waals surface area contributed by atoms with Gasteiger partial charge in [-0.1, -0.05) is 30.1 Å². The van der Waals surface area contributed by atoms with Gasteiger partial charge >= 0.3 is 0 Å². The molecule has 2 heteroatoms. The third-order valence-corrected chi connectivity index (χ3v) is 2.93. The zero-order chi connectivity index (χ0) is 8.72. The first-order valence-corrected chi connectivity index (χ1v) is 4.89. The highest BCUT2D eigenvalue weighted by molar-refractivity contribution is 6.35. The molecule has 0 fully saturated rings. The first kappa shape index (κ1) is 8.40. The molecule has 0 nitrogen and oxygen atoms in total. The lowest BCUT2D eigenvalue weighted by molar-refractivity contribution is 0.628. The summed E-state index contributed by atoms with van der Waals surface area (Å²) >= 11 is 11.9. The van der Waals surface area contributed by atoms with Crippen molar-refractivity contribution in [3.05, 3.63) is 33.3 Å². The zero-order valence-electron chi connectivity index (χ0n) is 6.90. The molecule has 0 heterocycles. The van der Waals surface area contributed by atoms with Gasteiger partial charge in [-0.25, -0.2) is 0 Å². The maximum Gasteiger partial charge on any atom is 0.0455 e. The van der Waals surface area contributed by atoms with Crippen molar-refractivity contribution in [2.75, 3.05) is 0 Å². The summed E-state index contributed by atoms with van der Waals surface area (Å²) < 4.78 is 0. The van der Waals surface area contributed by atoms with Gasteiger partial charge in [0, 0.05) is 10.0 Å². The van der Waals surface area contributed by atoms with Crippen LogP contribution in [0.5, 0.6) is 0 Å². The fourth-order valence-corrected chi connectivity index (χ4v) is 2.48. The summed E-state index contributed by atoms with van der Waals surface area (Å²) in [7, 11) is 0. The molecule has 1 unspecified atom stereocenters. The Morgan fingerprint density at radius 1 is 1.25 bits per heavy atom. The van der Waals surface area contributed by atoms with E-state index in [2.05, 4.69) is 6.92 Å². The Bertz CT molecular complexity index is 318. The molecule has 12 heavy (non-hydrogen) atoms. The van der Waals surface area contributed by atoms with E-state index in [0.717, 1.165) is 28.8 Å². The molecule has 1 aliphatic carbocycles. The van der Waals surface area contributed by atoms with Crippen molar-refractivity contribution in [3.8, 4) is 0 Å². The van der Waals surface area contributed by atoms with Crippen LogP contribution in [0.15, 0.2) is 12.1 Å². The lowest BCUT2D eigenvalue weighted by Crippen LogP contribution is -1.89. The molecule has 0 bridgehead atoms. The van der Waals surface area contributed by atoms with Gasteiger partial charge in [0.15, 0.2) is 0 Å². The fourth-order valence-electron chi connectivity index (χ4n) is 1.86. The quantitative estimate of drug-likeness (QED) is 0.599. The number of hydrogen-bond donors (Lipinski definition) is 0. The average Bonchev–Trinajstić information content (AvgIpc) is 2.29. The zero-order valence-corrected chi connectivity index (χ0v) is 8.41. The molecule has 2 rings (SSSR count). The topological polar surface area (TPSA) is 0 Å². The minimum absolute atomic E-state index is 0.718. The maximum atomic E-state index is 6.06. The van der Waals surface area contributed by atoms with Crippen molar-refractivity contribution in [2.45, 2.75) is 19.8 Å². The van der Waals surface area contributed by atoms with Crippen LogP contribution in [0, 0.1) is 5.92 Å². The third kappa shape index (κ3) is 1.34. The minimum Gasteiger partial charge on any atom is -0.0843 e. The molecule has 1 aliphatic rings. The highest BCUT2D eigenvalue weighted by Gasteiger charge is 2.20. The van der Waals surface area contributed by atoms with E-state index in [0.29, 0.717) is 0 Å². The number of fused-ring (bicyclic) bond motifs is 1. The van der Waals surface area contributed by atoms with Gasteiger partial charge in [0.2, 0.25) is 0 Å². The first-order chi connectivity index (χ1) is 5.66. The minimum atomic E-state index is 0.718.